The highest BCUT2D eigenvalue weighted by Crippen LogP contribution is 2.31. The van der Waals surface area contributed by atoms with E-state index >= 15 is 0 Å². The Morgan fingerprint density at radius 2 is 1.96 bits per heavy atom. The minimum Gasteiger partial charge on any atom is -0.366 e. The standard InChI is InChI=1S/C20H18N6O/c1-12-17(14-8-5-9-15(19(21)27)18(14)24-12)20-25-16(11-23-26-20)22-10-13-6-3-2-4-7-13/h2-9,11,24H,10H2,1H3,(H2,21,27)(H,22,25,26). The van der Waals surface area contributed by atoms with E-state index in [0.29, 0.717) is 29.3 Å². The summed E-state index contributed by atoms with van der Waals surface area (Å²) in [6.07, 6.45) is 1.59. The Bertz CT molecular complexity index is 1120. The molecule has 0 saturated carbocycles. The highest BCUT2D eigenvalue weighted by Gasteiger charge is 2.17. The topological polar surface area (TPSA) is 110 Å². The second kappa shape index (κ2) is 6.87. The van der Waals surface area contributed by atoms with Gasteiger partial charge in [0, 0.05) is 23.2 Å². The molecule has 2 heterocycles. The number of benzene rings is 2. The molecule has 0 bridgehead atoms. The number of H-pyrrole nitrogens is 1. The lowest BCUT2D eigenvalue weighted by Crippen LogP contribution is -2.11. The van der Waals surface area contributed by atoms with Crippen molar-refractivity contribution in [3.8, 4) is 11.4 Å². The number of hydrogen-bond donors (Lipinski definition) is 3. The summed E-state index contributed by atoms with van der Waals surface area (Å²) in [4.78, 5) is 19.5. The third-order valence-corrected chi connectivity index (χ3v) is 4.39. The van der Waals surface area contributed by atoms with Crippen LogP contribution in [0.25, 0.3) is 22.3 Å². The maximum atomic E-state index is 11.7. The number of aromatic amines is 1. The molecule has 0 atom stereocenters. The fourth-order valence-corrected chi connectivity index (χ4v) is 3.12. The van der Waals surface area contributed by atoms with Gasteiger partial charge in [-0.3, -0.25) is 4.79 Å². The van der Waals surface area contributed by atoms with Gasteiger partial charge in [0.2, 0.25) is 0 Å². The molecule has 0 saturated heterocycles. The van der Waals surface area contributed by atoms with Crippen LogP contribution in [0.1, 0.15) is 21.6 Å². The van der Waals surface area contributed by atoms with Crippen LogP contribution in [-0.4, -0.2) is 26.1 Å². The van der Waals surface area contributed by atoms with Gasteiger partial charge in [0.05, 0.1) is 17.3 Å². The molecule has 7 heteroatoms. The van der Waals surface area contributed by atoms with Gasteiger partial charge in [0.25, 0.3) is 5.91 Å². The number of aryl methyl sites for hydroxylation is 1. The van der Waals surface area contributed by atoms with Crippen molar-refractivity contribution in [1.29, 1.82) is 0 Å². The molecule has 4 aromatic rings. The molecule has 0 aliphatic rings. The molecule has 4 N–H and O–H groups in total. The van der Waals surface area contributed by atoms with Crippen LogP contribution in [-0.2, 0) is 6.54 Å². The SMILES string of the molecule is Cc1[nH]c2c(C(N)=O)cccc2c1-c1nncc(NCc2ccccc2)n1. The Hall–Kier alpha value is -3.74. The summed E-state index contributed by atoms with van der Waals surface area (Å²) < 4.78 is 0. The monoisotopic (exact) mass is 358 g/mol. The van der Waals surface area contributed by atoms with Gasteiger partial charge in [0.1, 0.15) is 5.82 Å². The van der Waals surface area contributed by atoms with Crippen molar-refractivity contribution in [3.63, 3.8) is 0 Å². The zero-order valence-electron chi connectivity index (χ0n) is 14.7. The first kappa shape index (κ1) is 16.7. The molecular formula is C20H18N6O. The van der Waals surface area contributed by atoms with E-state index < -0.39 is 5.91 Å². The van der Waals surface area contributed by atoms with Gasteiger partial charge in [0.15, 0.2) is 5.82 Å². The Morgan fingerprint density at radius 3 is 2.74 bits per heavy atom. The number of para-hydroxylation sites is 1. The number of anilines is 1. The average Bonchev–Trinajstić information content (AvgIpc) is 3.03. The molecule has 134 valence electrons. The molecule has 27 heavy (non-hydrogen) atoms. The molecule has 0 radical (unpaired) electrons. The van der Waals surface area contributed by atoms with Crippen LogP contribution < -0.4 is 11.1 Å². The van der Waals surface area contributed by atoms with Crippen LogP contribution in [0.4, 0.5) is 5.82 Å². The van der Waals surface area contributed by atoms with Crippen molar-refractivity contribution in [2.24, 2.45) is 5.73 Å². The summed E-state index contributed by atoms with van der Waals surface area (Å²) >= 11 is 0. The Labute approximate surface area is 155 Å². The number of aromatic nitrogens is 4. The largest absolute Gasteiger partial charge is 0.366 e. The van der Waals surface area contributed by atoms with E-state index in [-0.39, 0.29) is 0 Å². The minimum absolute atomic E-state index is 0.438. The normalized spacial score (nSPS) is 10.9. The number of amides is 1. The minimum atomic E-state index is -0.481. The number of hydrogen-bond acceptors (Lipinski definition) is 5. The molecule has 0 aliphatic heterocycles. The van der Waals surface area contributed by atoms with Crippen LogP contribution >= 0.6 is 0 Å². The summed E-state index contributed by atoms with van der Waals surface area (Å²) in [6, 6.07) is 15.4. The molecule has 0 fully saturated rings. The number of nitrogens with two attached hydrogens (primary N) is 1. The molecule has 0 spiro atoms. The molecule has 2 aromatic carbocycles. The van der Waals surface area contributed by atoms with Crippen LogP contribution in [0.5, 0.6) is 0 Å². The van der Waals surface area contributed by atoms with Crippen molar-refractivity contribution < 1.29 is 4.79 Å². The second-order valence-corrected chi connectivity index (χ2v) is 6.22. The highest BCUT2D eigenvalue weighted by atomic mass is 16.1. The summed E-state index contributed by atoms with van der Waals surface area (Å²) in [6.45, 7) is 2.55. The lowest BCUT2D eigenvalue weighted by Gasteiger charge is -2.07. The first-order valence-corrected chi connectivity index (χ1v) is 8.52. The predicted molar refractivity (Wildman–Crippen MR) is 104 cm³/mol. The smallest absolute Gasteiger partial charge is 0.250 e. The fourth-order valence-electron chi connectivity index (χ4n) is 3.12. The number of fused-ring (bicyclic) bond motifs is 1. The Morgan fingerprint density at radius 1 is 1.15 bits per heavy atom. The maximum absolute atomic E-state index is 11.7. The van der Waals surface area contributed by atoms with Gasteiger partial charge < -0.3 is 16.0 Å². The highest BCUT2D eigenvalue weighted by molar-refractivity contribution is 6.09. The molecule has 0 unspecified atom stereocenters. The summed E-state index contributed by atoms with van der Waals surface area (Å²) in [5.74, 6) is 0.632. The average molecular weight is 358 g/mol. The number of nitrogens with one attached hydrogen (secondary N) is 2. The van der Waals surface area contributed by atoms with Crippen molar-refractivity contribution in [3.05, 3.63) is 71.5 Å². The van der Waals surface area contributed by atoms with Crippen molar-refractivity contribution >= 4 is 22.6 Å². The Balaban J connectivity index is 1.71. The van der Waals surface area contributed by atoms with Gasteiger partial charge in [-0.2, -0.15) is 5.10 Å². The number of rotatable bonds is 5. The summed E-state index contributed by atoms with van der Waals surface area (Å²) in [5, 5.41) is 12.4. The van der Waals surface area contributed by atoms with E-state index in [4.69, 9.17) is 5.73 Å². The van der Waals surface area contributed by atoms with Crippen LogP contribution in [0.15, 0.2) is 54.7 Å². The molecule has 4 rings (SSSR count). The van der Waals surface area contributed by atoms with Crippen LogP contribution in [0.2, 0.25) is 0 Å². The lowest BCUT2D eigenvalue weighted by atomic mass is 10.1. The van der Waals surface area contributed by atoms with E-state index in [1.54, 1.807) is 18.3 Å². The number of primary amides is 1. The zero-order chi connectivity index (χ0) is 18.8. The molecular weight excluding hydrogens is 340 g/mol. The van der Waals surface area contributed by atoms with E-state index in [2.05, 4.69) is 25.5 Å². The van der Waals surface area contributed by atoms with Gasteiger partial charge in [-0.05, 0) is 18.6 Å². The van der Waals surface area contributed by atoms with Crippen molar-refractivity contribution in [2.75, 3.05) is 5.32 Å². The third-order valence-electron chi connectivity index (χ3n) is 4.39. The van der Waals surface area contributed by atoms with Gasteiger partial charge in [-0.1, -0.05) is 42.5 Å². The molecule has 0 aliphatic carbocycles. The van der Waals surface area contributed by atoms with Gasteiger partial charge in [-0.15, -0.1) is 5.10 Å². The second-order valence-electron chi connectivity index (χ2n) is 6.22. The van der Waals surface area contributed by atoms with E-state index in [9.17, 15) is 4.79 Å². The Kier molecular flexibility index (Phi) is 4.25. The quantitative estimate of drug-likeness (QED) is 0.508. The maximum Gasteiger partial charge on any atom is 0.250 e. The van der Waals surface area contributed by atoms with E-state index in [1.807, 2.05) is 43.3 Å². The molecule has 1 amide bonds. The fraction of sp³-hybridized carbons (Fsp3) is 0.100. The number of nitrogens with zero attached hydrogens (tertiary/aromatic N) is 3. The summed E-state index contributed by atoms with van der Waals surface area (Å²) in [5.41, 5.74) is 9.41. The van der Waals surface area contributed by atoms with Crippen molar-refractivity contribution in [2.45, 2.75) is 13.5 Å². The first-order valence-electron chi connectivity index (χ1n) is 8.52. The first-order chi connectivity index (χ1) is 13.1. The van der Waals surface area contributed by atoms with Gasteiger partial charge in [-0.25, -0.2) is 4.98 Å². The van der Waals surface area contributed by atoms with E-state index in [1.165, 1.54) is 0 Å². The predicted octanol–water partition coefficient (Wildman–Crippen LogP) is 3.04. The zero-order valence-corrected chi connectivity index (χ0v) is 14.7. The number of carbonyl (C=O) groups is 1. The van der Waals surface area contributed by atoms with Gasteiger partial charge >= 0.3 is 0 Å². The molecule has 7 nitrogen and oxygen atoms in total. The van der Waals surface area contributed by atoms with Crippen molar-refractivity contribution in [1.82, 2.24) is 20.2 Å². The van der Waals surface area contributed by atoms with Crippen LogP contribution in [0.3, 0.4) is 0 Å². The van der Waals surface area contributed by atoms with Crippen LogP contribution in [0, 0.1) is 6.92 Å². The third kappa shape index (κ3) is 3.22. The number of carbonyl (C=O) groups excluding carboxylic acids is 1. The summed E-state index contributed by atoms with van der Waals surface area (Å²) in [7, 11) is 0. The molecule has 2 aromatic heterocycles. The van der Waals surface area contributed by atoms with E-state index in [0.717, 1.165) is 22.2 Å². The lowest BCUT2D eigenvalue weighted by molar-refractivity contribution is 0.100.